The minimum absolute atomic E-state index is 0.401. The van der Waals surface area contributed by atoms with E-state index in [1.807, 2.05) is 0 Å². The summed E-state index contributed by atoms with van der Waals surface area (Å²) in [7, 11) is 0. The number of hydrogen-bond acceptors (Lipinski definition) is 2. The van der Waals surface area contributed by atoms with Gasteiger partial charge in [0.1, 0.15) is 5.78 Å². The summed E-state index contributed by atoms with van der Waals surface area (Å²) >= 11 is 0. The molecule has 0 heterocycles. The van der Waals surface area contributed by atoms with Crippen LogP contribution in [0.2, 0.25) is 0 Å². The van der Waals surface area contributed by atoms with Crippen LogP contribution in [0.4, 0.5) is 0 Å². The molecule has 2 heteroatoms. The van der Waals surface area contributed by atoms with Gasteiger partial charge in [0.05, 0.1) is 0 Å². The lowest BCUT2D eigenvalue weighted by Gasteiger charge is -2.51. The van der Waals surface area contributed by atoms with Crippen LogP contribution in [0.1, 0.15) is 25.7 Å². The zero-order valence-electron chi connectivity index (χ0n) is 5.39. The van der Waals surface area contributed by atoms with Gasteiger partial charge in [0, 0.05) is 18.9 Å². The van der Waals surface area contributed by atoms with Crippen LogP contribution < -0.4 is 5.73 Å². The summed E-state index contributed by atoms with van der Waals surface area (Å²) in [6.07, 6.45) is 3.83. The molecule has 2 aliphatic carbocycles. The van der Waals surface area contributed by atoms with Gasteiger partial charge in [-0.15, -0.1) is 0 Å². The zero-order valence-corrected chi connectivity index (χ0v) is 5.39. The molecule has 0 aromatic rings. The molecule has 0 saturated heterocycles. The molecule has 2 saturated carbocycles. The summed E-state index contributed by atoms with van der Waals surface area (Å²) in [4.78, 5) is 10.6. The van der Waals surface area contributed by atoms with E-state index in [0.29, 0.717) is 17.2 Å². The van der Waals surface area contributed by atoms with Gasteiger partial charge < -0.3 is 5.73 Å². The standard InChI is InChI=1S/C7H11NO/c8-5-1-7(2-5)3-6(9)4-7/h5H,1-4,8H2. The predicted octanol–water partition coefficient (Wildman–Crippen LogP) is 0.457. The lowest BCUT2D eigenvalue weighted by Crippen LogP contribution is -2.53. The molecule has 0 aromatic heterocycles. The third-order valence-corrected chi connectivity index (χ3v) is 2.53. The lowest BCUT2D eigenvalue weighted by molar-refractivity contribution is -0.138. The molecule has 2 nitrogen and oxygen atoms in total. The number of rotatable bonds is 0. The molecule has 2 N–H and O–H groups in total. The zero-order chi connectivity index (χ0) is 6.48. The highest BCUT2D eigenvalue weighted by atomic mass is 16.1. The molecule has 2 fully saturated rings. The molecular formula is C7H11NO. The first kappa shape index (κ1) is 5.42. The predicted molar refractivity (Wildman–Crippen MR) is 33.9 cm³/mol. The van der Waals surface area contributed by atoms with Crippen LogP contribution >= 0.6 is 0 Å². The molecule has 0 amide bonds. The highest BCUT2D eigenvalue weighted by Gasteiger charge is 2.51. The third-order valence-electron chi connectivity index (χ3n) is 2.53. The molecule has 0 aromatic carbocycles. The molecular weight excluding hydrogens is 114 g/mol. The number of carbonyl (C=O) groups excluding carboxylic acids is 1. The van der Waals surface area contributed by atoms with Gasteiger partial charge in [0.2, 0.25) is 0 Å². The fourth-order valence-electron chi connectivity index (χ4n) is 2.13. The molecule has 2 rings (SSSR count). The average Bonchev–Trinajstić information content (AvgIpc) is 1.58. The number of carbonyl (C=O) groups is 1. The third kappa shape index (κ3) is 0.628. The fraction of sp³-hybridized carbons (Fsp3) is 0.857. The Hall–Kier alpha value is -0.370. The first-order valence-electron chi connectivity index (χ1n) is 3.48. The van der Waals surface area contributed by atoms with Crippen molar-refractivity contribution in [1.82, 2.24) is 0 Å². The van der Waals surface area contributed by atoms with E-state index in [4.69, 9.17) is 5.73 Å². The van der Waals surface area contributed by atoms with Crippen LogP contribution in [-0.4, -0.2) is 11.8 Å². The van der Waals surface area contributed by atoms with Gasteiger partial charge in [-0.3, -0.25) is 4.79 Å². The maximum atomic E-state index is 10.6. The van der Waals surface area contributed by atoms with Crippen LogP contribution in [-0.2, 0) is 4.79 Å². The van der Waals surface area contributed by atoms with E-state index < -0.39 is 0 Å². The first-order valence-corrected chi connectivity index (χ1v) is 3.48. The van der Waals surface area contributed by atoms with Crippen molar-refractivity contribution in [3.63, 3.8) is 0 Å². The molecule has 0 bridgehead atoms. The van der Waals surface area contributed by atoms with Crippen molar-refractivity contribution in [2.45, 2.75) is 31.7 Å². The van der Waals surface area contributed by atoms with Crippen LogP contribution in [0.3, 0.4) is 0 Å². The molecule has 0 atom stereocenters. The van der Waals surface area contributed by atoms with Gasteiger partial charge in [-0.2, -0.15) is 0 Å². The molecule has 9 heavy (non-hydrogen) atoms. The molecule has 2 aliphatic rings. The fourth-order valence-corrected chi connectivity index (χ4v) is 2.13. The summed E-state index contributed by atoms with van der Waals surface area (Å²) < 4.78 is 0. The van der Waals surface area contributed by atoms with Crippen molar-refractivity contribution < 1.29 is 4.79 Å². The van der Waals surface area contributed by atoms with E-state index in [9.17, 15) is 4.79 Å². The smallest absolute Gasteiger partial charge is 0.134 e. The second-order valence-electron chi connectivity index (χ2n) is 3.56. The van der Waals surface area contributed by atoms with Gasteiger partial charge in [0.15, 0.2) is 0 Å². The summed E-state index contributed by atoms with van der Waals surface area (Å²) in [5, 5.41) is 0. The quantitative estimate of drug-likeness (QED) is 0.511. The van der Waals surface area contributed by atoms with E-state index in [0.717, 1.165) is 25.7 Å². The maximum Gasteiger partial charge on any atom is 0.134 e. The Bertz CT molecular complexity index is 148. The highest BCUT2D eigenvalue weighted by molar-refractivity contribution is 5.86. The van der Waals surface area contributed by atoms with Crippen molar-refractivity contribution in [3.05, 3.63) is 0 Å². The van der Waals surface area contributed by atoms with Crippen molar-refractivity contribution in [3.8, 4) is 0 Å². The number of Topliss-reactive ketones (excluding diaryl/α,β-unsaturated/α-hetero) is 1. The Morgan fingerprint density at radius 1 is 1.44 bits per heavy atom. The average molecular weight is 125 g/mol. The molecule has 0 radical (unpaired) electrons. The second-order valence-corrected chi connectivity index (χ2v) is 3.56. The first-order chi connectivity index (χ1) is 4.20. The van der Waals surface area contributed by atoms with Crippen LogP contribution in [0.15, 0.2) is 0 Å². The topological polar surface area (TPSA) is 43.1 Å². The van der Waals surface area contributed by atoms with Crippen molar-refractivity contribution in [2.24, 2.45) is 11.1 Å². The monoisotopic (exact) mass is 125 g/mol. The molecule has 50 valence electrons. The van der Waals surface area contributed by atoms with Crippen molar-refractivity contribution in [1.29, 1.82) is 0 Å². The van der Waals surface area contributed by atoms with E-state index in [-0.39, 0.29) is 0 Å². The SMILES string of the molecule is NC1CC2(CC(=O)C2)C1. The summed E-state index contributed by atoms with van der Waals surface area (Å²) in [6, 6.07) is 0.401. The highest BCUT2D eigenvalue weighted by Crippen LogP contribution is 2.53. The number of ketones is 1. The minimum Gasteiger partial charge on any atom is -0.328 e. The Balaban J connectivity index is 1.94. The van der Waals surface area contributed by atoms with E-state index in [1.54, 1.807) is 0 Å². The van der Waals surface area contributed by atoms with Crippen LogP contribution in [0.5, 0.6) is 0 Å². The van der Waals surface area contributed by atoms with Crippen LogP contribution in [0.25, 0.3) is 0 Å². The number of nitrogens with two attached hydrogens (primary N) is 1. The Morgan fingerprint density at radius 2 is 2.00 bits per heavy atom. The Labute approximate surface area is 54.4 Å². The Kier molecular flexibility index (Phi) is 0.826. The second kappa shape index (κ2) is 1.37. The number of hydrogen-bond donors (Lipinski definition) is 1. The van der Waals surface area contributed by atoms with Gasteiger partial charge >= 0.3 is 0 Å². The molecule has 1 spiro atoms. The maximum absolute atomic E-state index is 10.6. The van der Waals surface area contributed by atoms with Crippen LogP contribution in [0, 0.1) is 5.41 Å². The largest absolute Gasteiger partial charge is 0.328 e. The lowest BCUT2D eigenvalue weighted by atomic mass is 9.54. The van der Waals surface area contributed by atoms with E-state index in [2.05, 4.69) is 0 Å². The minimum atomic E-state index is 0.401. The van der Waals surface area contributed by atoms with Gasteiger partial charge in [0.25, 0.3) is 0 Å². The summed E-state index contributed by atoms with van der Waals surface area (Å²) in [5.74, 6) is 0.432. The van der Waals surface area contributed by atoms with E-state index in [1.165, 1.54) is 0 Å². The molecule has 0 aliphatic heterocycles. The van der Waals surface area contributed by atoms with E-state index >= 15 is 0 Å². The van der Waals surface area contributed by atoms with Crippen molar-refractivity contribution in [2.75, 3.05) is 0 Å². The Morgan fingerprint density at radius 3 is 2.33 bits per heavy atom. The normalized spacial score (nSPS) is 31.9. The van der Waals surface area contributed by atoms with Crippen molar-refractivity contribution >= 4 is 5.78 Å². The summed E-state index contributed by atoms with van der Waals surface area (Å²) in [6.45, 7) is 0. The summed E-state index contributed by atoms with van der Waals surface area (Å²) in [5.41, 5.74) is 6.01. The van der Waals surface area contributed by atoms with Gasteiger partial charge in [-0.25, -0.2) is 0 Å². The van der Waals surface area contributed by atoms with Gasteiger partial charge in [-0.1, -0.05) is 0 Å². The molecule has 0 unspecified atom stereocenters. The van der Waals surface area contributed by atoms with Gasteiger partial charge in [-0.05, 0) is 18.3 Å².